The molecule has 0 bridgehead atoms. The number of hydrogen-bond donors (Lipinski definition) is 6. The molecule has 1 fully saturated rings. The van der Waals surface area contributed by atoms with Crippen molar-refractivity contribution in [1.29, 1.82) is 0 Å². The van der Waals surface area contributed by atoms with Crippen LogP contribution in [0, 0.1) is 11.8 Å². The maximum absolute atomic E-state index is 14.2. The molecule has 1 aliphatic heterocycles. The van der Waals surface area contributed by atoms with Crippen molar-refractivity contribution in [2.75, 3.05) is 19.0 Å². The normalized spacial score (nSPS) is 20.5. The van der Waals surface area contributed by atoms with Crippen LogP contribution in [-0.2, 0) is 32.9 Å². The van der Waals surface area contributed by atoms with Crippen LogP contribution in [0.2, 0.25) is 0 Å². The molecule has 0 aliphatic carbocycles. The summed E-state index contributed by atoms with van der Waals surface area (Å²) in [6, 6.07) is -1.10. The number of aliphatic carboxylic acids is 1. The number of aromatic nitrogens is 2. The number of amides is 1. The molecule has 1 aromatic rings. The van der Waals surface area contributed by atoms with Crippen LogP contribution in [0.15, 0.2) is 29.2 Å². The zero-order valence-corrected chi connectivity index (χ0v) is 35.8. The number of unbranched alkanes of at least 4 members (excludes halogenated alkanes) is 11. The first kappa shape index (κ1) is 50.2. The average molecular weight is 828 g/mol. The van der Waals surface area contributed by atoms with Gasteiger partial charge < -0.3 is 34.6 Å². The summed E-state index contributed by atoms with van der Waals surface area (Å²) < 4.78 is 31.5. The van der Waals surface area contributed by atoms with Crippen LogP contribution in [0.25, 0.3) is 0 Å². The number of nitrogens with one attached hydrogen (secondary N) is 3. The largest absolute Gasteiger partial charge is 0.480 e. The molecule has 0 saturated carbocycles. The van der Waals surface area contributed by atoms with E-state index in [2.05, 4.69) is 39.6 Å². The van der Waals surface area contributed by atoms with Crippen LogP contribution in [0.4, 0.5) is 5.82 Å². The molecule has 2 heterocycles. The second kappa shape index (κ2) is 26.9. The molecule has 0 spiro atoms. The second-order valence-electron chi connectivity index (χ2n) is 15.8. The Balaban J connectivity index is 1.92. The molecule has 7 atom stereocenters. The zero-order valence-electron chi connectivity index (χ0n) is 34.9. The summed E-state index contributed by atoms with van der Waals surface area (Å²) in [5.41, 5.74) is -0.867. The van der Waals surface area contributed by atoms with Crippen molar-refractivity contribution in [2.24, 2.45) is 11.8 Å². The van der Waals surface area contributed by atoms with E-state index in [9.17, 15) is 39.1 Å². The lowest BCUT2D eigenvalue weighted by molar-refractivity contribution is -0.143. The summed E-state index contributed by atoms with van der Waals surface area (Å²) in [5.74, 6) is -2.47. The molecule has 0 aromatic carbocycles. The summed E-state index contributed by atoms with van der Waals surface area (Å²) in [5, 5.41) is 39.3. The monoisotopic (exact) mass is 827 g/mol. The number of carboxylic acids is 1. The van der Waals surface area contributed by atoms with Crippen LogP contribution < -0.4 is 21.2 Å². The molecule has 6 N–H and O–H groups in total. The summed E-state index contributed by atoms with van der Waals surface area (Å²) >= 11 is 0. The van der Waals surface area contributed by atoms with Gasteiger partial charge in [-0.2, -0.15) is 4.98 Å². The summed E-state index contributed by atoms with van der Waals surface area (Å²) in [7, 11) is -3.22. The highest BCUT2D eigenvalue weighted by molar-refractivity contribution is 7.54. The van der Waals surface area contributed by atoms with Crippen molar-refractivity contribution in [2.45, 2.75) is 174 Å². The van der Waals surface area contributed by atoms with Crippen molar-refractivity contribution in [3.05, 3.63) is 34.9 Å². The van der Waals surface area contributed by atoms with Gasteiger partial charge in [0.25, 0.3) is 0 Å². The molecule has 1 aliphatic rings. The number of anilines is 1. The number of ether oxygens (including phenoxy) is 2. The third-order valence-corrected chi connectivity index (χ3v) is 11.5. The minimum absolute atomic E-state index is 0.0240. The van der Waals surface area contributed by atoms with Crippen LogP contribution in [0.3, 0.4) is 0 Å². The molecule has 326 valence electrons. The Hall–Kier alpha value is -2.98. The van der Waals surface area contributed by atoms with Crippen molar-refractivity contribution in [1.82, 2.24) is 19.7 Å². The predicted molar refractivity (Wildman–Crippen MR) is 218 cm³/mol. The summed E-state index contributed by atoms with van der Waals surface area (Å²) in [6.07, 6.45) is 15.3. The van der Waals surface area contributed by atoms with Gasteiger partial charge in [0.2, 0.25) is 5.91 Å². The van der Waals surface area contributed by atoms with Gasteiger partial charge in [0.1, 0.15) is 36.2 Å². The fourth-order valence-corrected chi connectivity index (χ4v) is 8.36. The van der Waals surface area contributed by atoms with E-state index in [4.69, 9.17) is 14.0 Å². The van der Waals surface area contributed by atoms with Gasteiger partial charge in [0.05, 0.1) is 13.7 Å². The first-order chi connectivity index (χ1) is 27.1. The first-order valence-corrected chi connectivity index (χ1v) is 22.4. The van der Waals surface area contributed by atoms with Gasteiger partial charge in [-0.25, -0.2) is 15.0 Å². The zero-order chi connectivity index (χ0) is 42.4. The van der Waals surface area contributed by atoms with Crippen molar-refractivity contribution < 1.29 is 48.3 Å². The van der Waals surface area contributed by atoms with Crippen molar-refractivity contribution in [3.8, 4) is 0 Å². The lowest BCUT2D eigenvalue weighted by Crippen LogP contribution is -2.45. The van der Waals surface area contributed by atoms with Crippen LogP contribution in [0.1, 0.15) is 144 Å². The summed E-state index contributed by atoms with van der Waals surface area (Å²) in [4.78, 5) is 54.1. The molecular formula is C40H70N5O11P. The van der Waals surface area contributed by atoms with E-state index >= 15 is 0 Å². The highest BCUT2D eigenvalue weighted by Crippen LogP contribution is 2.42. The standard InChI is InChI=1S/C40H70N5O11P/c1-7-8-9-10-11-12-13-14-15-16-17-18-19-20-21-22-34(46)41-33-23-24-45(40(52)42-33)37-36(48)35(47)32(56-37)27-55-57(53,43-30(38(49)50)25-28(2)3)44-31(26-29(4)5)39(51)54-6/h14-15,23-24,28-32,35-37,47-48H,7-13,16-22,25-27H2,1-6H3,(H,49,50)(H2,43,44,53)(H,41,42,46,52)/t30-,31-,32+,35+,36-,37+,57?/m0/s1. The molecule has 2 rings (SSSR count). The van der Waals surface area contributed by atoms with Crippen molar-refractivity contribution in [3.63, 3.8) is 0 Å². The molecule has 1 saturated heterocycles. The van der Waals surface area contributed by atoms with Gasteiger partial charge in [0.15, 0.2) is 6.23 Å². The topological polar surface area (TPSA) is 228 Å². The van der Waals surface area contributed by atoms with E-state index in [0.717, 1.165) is 50.2 Å². The Morgan fingerprint density at radius 2 is 1.46 bits per heavy atom. The quantitative estimate of drug-likeness (QED) is 0.0219. The molecular weight excluding hydrogens is 757 g/mol. The van der Waals surface area contributed by atoms with Gasteiger partial charge >= 0.3 is 25.3 Å². The Labute approximate surface area is 338 Å². The molecule has 17 heteroatoms. The lowest BCUT2D eigenvalue weighted by atomic mass is 10.1. The maximum Gasteiger partial charge on any atom is 0.351 e. The number of nitrogens with zero attached hydrogens (tertiary/aromatic N) is 2. The van der Waals surface area contributed by atoms with E-state index in [-0.39, 0.29) is 42.8 Å². The van der Waals surface area contributed by atoms with Gasteiger partial charge in [-0.05, 0) is 62.8 Å². The van der Waals surface area contributed by atoms with Gasteiger partial charge in [0, 0.05) is 12.6 Å². The number of carbonyl (C=O) groups excluding carboxylic acids is 2. The predicted octanol–water partition coefficient (Wildman–Crippen LogP) is 6.23. The van der Waals surface area contributed by atoms with E-state index in [1.807, 2.05) is 13.8 Å². The fourth-order valence-electron chi connectivity index (χ4n) is 6.53. The lowest BCUT2D eigenvalue weighted by Gasteiger charge is -2.29. The van der Waals surface area contributed by atoms with Crippen LogP contribution in [0.5, 0.6) is 0 Å². The number of aliphatic hydroxyl groups is 2. The van der Waals surface area contributed by atoms with Gasteiger partial charge in [-0.3, -0.25) is 23.5 Å². The van der Waals surface area contributed by atoms with Gasteiger partial charge in [-0.15, -0.1) is 0 Å². The van der Waals surface area contributed by atoms with Crippen LogP contribution in [-0.4, -0.2) is 86.8 Å². The molecule has 16 nitrogen and oxygen atoms in total. The van der Waals surface area contributed by atoms with Gasteiger partial charge in [-0.1, -0.05) is 98.1 Å². The SMILES string of the molecule is CCCCCCCCC=CCCCCCCCC(=O)Nc1ccn([C@@H]2O[C@H](COP(=O)(N[C@@H](CC(C)C)C(=O)O)N[C@@H](CC(C)C)C(=O)OC)[C@@H](O)[C@@H]2O)c(=O)n1. The molecule has 57 heavy (non-hydrogen) atoms. The smallest absolute Gasteiger partial charge is 0.351 e. The molecule has 1 unspecified atom stereocenters. The van der Waals surface area contributed by atoms with Crippen LogP contribution >= 0.6 is 7.67 Å². The van der Waals surface area contributed by atoms with Crippen molar-refractivity contribution >= 4 is 31.3 Å². The maximum atomic E-state index is 14.2. The Bertz CT molecular complexity index is 1490. The number of methoxy groups -OCH3 is 1. The number of allylic oxidation sites excluding steroid dienone is 2. The van der Waals surface area contributed by atoms with E-state index in [1.165, 1.54) is 50.8 Å². The number of esters is 1. The Morgan fingerprint density at radius 3 is 2.02 bits per heavy atom. The highest BCUT2D eigenvalue weighted by Gasteiger charge is 2.46. The third-order valence-electron chi connectivity index (χ3n) is 9.64. The number of carboxylic acid groups (broad SMARTS) is 1. The fraction of sp³-hybridized carbons (Fsp3) is 0.775. The molecule has 1 aromatic heterocycles. The minimum Gasteiger partial charge on any atom is -0.480 e. The first-order valence-electron chi connectivity index (χ1n) is 20.8. The van der Waals surface area contributed by atoms with E-state index in [0.29, 0.717) is 6.42 Å². The van der Waals surface area contributed by atoms with E-state index < -0.39 is 68.5 Å². The summed E-state index contributed by atoms with van der Waals surface area (Å²) in [6.45, 7) is 8.83. The number of aliphatic hydroxyl groups excluding tert-OH is 2. The number of rotatable bonds is 30. The molecule has 1 amide bonds. The number of carbonyl (C=O) groups is 3. The Kier molecular flexibility index (Phi) is 23.7. The average Bonchev–Trinajstić information content (AvgIpc) is 3.43. The Morgan fingerprint density at radius 1 is 0.895 bits per heavy atom. The highest BCUT2D eigenvalue weighted by atomic mass is 31.2. The van der Waals surface area contributed by atoms with E-state index in [1.54, 1.807) is 13.8 Å². The minimum atomic E-state index is -4.39. The number of hydrogen-bond acceptors (Lipinski definition) is 11. The molecule has 0 radical (unpaired) electrons. The second-order valence-corrected chi connectivity index (χ2v) is 17.6. The third kappa shape index (κ3) is 19.1.